The van der Waals surface area contributed by atoms with Crippen LogP contribution >= 0.6 is 15.9 Å². The van der Waals surface area contributed by atoms with Gasteiger partial charge in [-0.15, -0.1) is 0 Å². The van der Waals surface area contributed by atoms with Gasteiger partial charge in [-0.2, -0.15) is 0 Å². The summed E-state index contributed by atoms with van der Waals surface area (Å²) in [7, 11) is 0. The minimum absolute atomic E-state index is 0.221. The van der Waals surface area contributed by atoms with Crippen molar-refractivity contribution in [1.29, 1.82) is 0 Å². The van der Waals surface area contributed by atoms with Gasteiger partial charge in [-0.05, 0) is 35.8 Å². The highest BCUT2D eigenvalue weighted by Crippen LogP contribution is 2.32. The predicted molar refractivity (Wildman–Crippen MR) is 70.2 cm³/mol. The number of esters is 1. The van der Waals surface area contributed by atoms with Crippen LogP contribution < -0.4 is 10.6 Å². The van der Waals surface area contributed by atoms with Crippen molar-refractivity contribution in [3.05, 3.63) is 16.7 Å². The van der Waals surface area contributed by atoms with E-state index in [1.807, 2.05) is 6.07 Å². The largest absolute Gasteiger partial charge is 0.464 e. The van der Waals surface area contributed by atoms with Crippen molar-refractivity contribution in [2.75, 3.05) is 17.2 Å². The predicted octanol–water partition coefficient (Wildman–Crippen LogP) is 1.32. The standard InChI is InChI=1S/C11H14BrN3O3/c1-3-18-10(16)11(2,17)9-14-7-4-6(12)5-13-8(7)15-9/h4-5,9,14,17H,3H2,1-2H3,(H,13,15). The summed E-state index contributed by atoms with van der Waals surface area (Å²) >= 11 is 3.30. The van der Waals surface area contributed by atoms with E-state index >= 15 is 0 Å². The normalized spacial score (nSPS) is 20.3. The highest BCUT2D eigenvalue weighted by atomic mass is 79.9. The molecule has 2 rings (SSSR count). The van der Waals surface area contributed by atoms with Crippen LogP contribution in [0.4, 0.5) is 11.5 Å². The van der Waals surface area contributed by atoms with Crippen LogP contribution in [0.2, 0.25) is 0 Å². The average Bonchev–Trinajstić information content (AvgIpc) is 2.72. The Morgan fingerprint density at radius 3 is 3.06 bits per heavy atom. The summed E-state index contributed by atoms with van der Waals surface area (Å²) in [5, 5.41) is 16.2. The van der Waals surface area contributed by atoms with E-state index in [-0.39, 0.29) is 6.61 Å². The Kier molecular flexibility index (Phi) is 3.45. The second-order valence-electron chi connectivity index (χ2n) is 4.14. The number of carbonyl (C=O) groups excluding carboxylic acids is 1. The van der Waals surface area contributed by atoms with Crippen LogP contribution in [0.3, 0.4) is 0 Å². The molecule has 6 nitrogen and oxygen atoms in total. The molecule has 0 fully saturated rings. The number of hydrogen-bond donors (Lipinski definition) is 3. The molecular weight excluding hydrogens is 302 g/mol. The maximum absolute atomic E-state index is 11.7. The maximum atomic E-state index is 11.7. The molecule has 0 amide bonds. The summed E-state index contributed by atoms with van der Waals surface area (Å²) in [5.74, 6) is -0.0883. The van der Waals surface area contributed by atoms with Crippen molar-refractivity contribution in [3.8, 4) is 0 Å². The lowest BCUT2D eigenvalue weighted by Crippen LogP contribution is -2.53. The van der Waals surface area contributed by atoms with Crippen molar-refractivity contribution >= 4 is 33.4 Å². The van der Waals surface area contributed by atoms with E-state index in [2.05, 4.69) is 31.5 Å². The Bertz CT molecular complexity index is 479. The first-order valence-corrected chi connectivity index (χ1v) is 6.32. The fourth-order valence-corrected chi connectivity index (χ4v) is 2.00. The zero-order chi connectivity index (χ0) is 13.3. The van der Waals surface area contributed by atoms with Crippen molar-refractivity contribution in [2.24, 2.45) is 0 Å². The van der Waals surface area contributed by atoms with Crippen LogP contribution in [0.25, 0.3) is 0 Å². The van der Waals surface area contributed by atoms with Crippen LogP contribution in [0.15, 0.2) is 16.7 Å². The summed E-state index contributed by atoms with van der Waals surface area (Å²) in [6.45, 7) is 3.31. The first-order valence-electron chi connectivity index (χ1n) is 5.53. The molecule has 0 radical (unpaired) electrons. The number of carbonyl (C=O) groups is 1. The highest BCUT2D eigenvalue weighted by molar-refractivity contribution is 9.10. The number of anilines is 2. The van der Waals surface area contributed by atoms with Crippen molar-refractivity contribution < 1.29 is 14.6 Å². The molecule has 0 bridgehead atoms. The van der Waals surface area contributed by atoms with E-state index < -0.39 is 17.7 Å². The van der Waals surface area contributed by atoms with Crippen LogP contribution in [0, 0.1) is 0 Å². The number of rotatable bonds is 3. The van der Waals surface area contributed by atoms with Gasteiger partial charge in [0.05, 0.1) is 12.3 Å². The summed E-state index contributed by atoms with van der Waals surface area (Å²) < 4.78 is 5.66. The third-order valence-corrected chi connectivity index (χ3v) is 3.12. The van der Waals surface area contributed by atoms with Crippen LogP contribution in [0.5, 0.6) is 0 Å². The first kappa shape index (κ1) is 13.1. The molecule has 7 heteroatoms. The van der Waals surface area contributed by atoms with E-state index in [4.69, 9.17) is 4.74 Å². The molecule has 0 saturated heterocycles. The number of pyridine rings is 1. The summed E-state index contributed by atoms with van der Waals surface area (Å²) in [6, 6.07) is 1.82. The van der Waals surface area contributed by atoms with E-state index in [0.29, 0.717) is 5.82 Å². The Balaban J connectivity index is 2.17. The maximum Gasteiger partial charge on any atom is 0.342 e. The lowest BCUT2D eigenvalue weighted by molar-refractivity contribution is -0.163. The SMILES string of the molecule is CCOC(=O)C(C)(O)C1Nc2cc(Br)cnc2N1. The van der Waals surface area contributed by atoms with Gasteiger partial charge in [-0.3, -0.25) is 0 Å². The third-order valence-electron chi connectivity index (χ3n) is 2.69. The van der Waals surface area contributed by atoms with Crippen molar-refractivity contribution in [2.45, 2.75) is 25.6 Å². The monoisotopic (exact) mass is 315 g/mol. The van der Waals surface area contributed by atoms with E-state index in [9.17, 15) is 9.90 Å². The Hall–Kier alpha value is -1.34. The minimum atomic E-state index is -1.68. The molecule has 18 heavy (non-hydrogen) atoms. The molecule has 1 aliphatic heterocycles. The van der Waals surface area contributed by atoms with Gasteiger partial charge in [-0.25, -0.2) is 9.78 Å². The summed E-state index contributed by atoms with van der Waals surface area (Å²) in [5.41, 5.74) is -0.956. The second kappa shape index (κ2) is 4.74. The lowest BCUT2D eigenvalue weighted by Gasteiger charge is -2.27. The fourth-order valence-electron chi connectivity index (χ4n) is 1.67. The van der Waals surface area contributed by atoms with Crippen LogP contribution in [-0.4, -0.2) is 34.4 Å². The first-order chi connectivity index (χ1) is 8.45. The number of nitrogens with one attached hydrogen (secondary N) is 2. The molecule has 1 aromatic rings. The van der Waals surface area contributed by atoms with Gasteiger partial charge in [0.1, 0.15) is 6.17 Å². The lowest BCUT2D eigenvalue weighted by atomic mass is 10.0. The van der Waals surface area contributed by atoms with Crippen LogP contribution in [-0.2, 0) is 9.53 Å². The van der Waals surface area contributed by atoms with Gasteiger partial charge in [0, 0.05) is 10.7 Å². The number of ether oxygens (including phenoxy) is 1. The minimum Gasteiger partial charge on any atom is -0.464 e. The number of halogens is 1. The Morgan fingerprint density at radius 1 is 1.67 bits per heavy atom. The number of nitrogens with zero attached hydrogens (tertiary/aromatic N) is 1. The quantitative estimate of drug-likeness (QED) is 0.730. The molecule has 0 aromatic carbocycles. The van der Waals surface area contributed by atoms with Gasteiger partial charge < -0.3 is 20.5 Å². The number of aromatic nitrogens is 1. The van der Waals surface area contributed by atoms with Crippen molar-refractivity contribution in [3.63, 3.8) is 0 Å². The Morgan fingerprint density at radius 2 is 2.39 bits per heavy atom. The smallest absolute Gasteiger partial charge is 0.342 e. The molecule has 2 heterocycles. The highest BCUT2D eigenvalue weighted by Gasteiger charge is 2.44. The Labute approximate surface area is 113 Å². The summed E-state index contributed by atoms with van der Waals surface area (Å²) in [4.78, 5) is 15.8. The topological polar surface area (TPSA) is 83.5 Å². The van der Waals surface area contributed by atoms with Gasteiger partial charge in [0.15, 0.2) is 11.4 Å². The van der Waals surface area contributed by atoms with Gasteiger partial charge in [-0.1, -0.05) is 0 Å². The molecule has 0 aliphatic carbocycles. The zero-order valence-corrected chi connectivity index (χ0v) is 11.6. The van der Waals surface area contributed by atoms with Gasteiger partial charge in [0.25, 0.3) is 0 Å². The molecule has 0 spiro atoms. The molecule has 3 N–H and O–H groups in total. The number of aliphatic hydroxyl groups is 1. The molecular formula is C11H14BrN3O3. The molecule has 0 saturated carbocycles. The number of fused-ring (bicyclic) bond motifs is 1. The molecule has 98 valence electrons. The van der Waals surface area contributed by atoms with E-state index in [0.717, 1.165) is 10.2 Å². The van der Waals surface area contributed by atoms with Crippen LogP contribution in [0.1, 0.15) is 13.8 Å². The number of hydrogen-bond acceptors (Lipinski definition) is 6. The van der Waals surface area contributed by atoms with E-state index in [1.165, 1.54) is 6.92 Å². The zero-order valence-electron chi connectivity index (χ0n) is 10.0. The molecule has 2 atom stereocenters. The van der Waals surface area contributed by atoms with Gasteiger partial charge >= 0.3 is 5.97 Å². The molecule has 1 aliphatic rings. The fraction of sp³-hybridized carbons (Fsp3) is 0.455. The summed E-state index contributed by atoms with van der Waals surface area (Å²) in [6.07, 6.45) is 0.961. The van der Waals surface area contributed by atoms with Gasteiger partial charge in [0.2, 0.25) is 0 Å². The molecule has 1 aromatic heterocycles. The van der Waals surface area contributed by atoms with Crippen molar-refractivity contribution in [1.82, 2.24) is 4.98 Å². The van der Waals surface area contributed by atoms with E-state index in [1.54, 1.807) is 13.1 Å². The third kappa shape index (κ3) is 2.28. The second-order valence-corrected chi connectivity index (χ2v) is 5.06. The molecule has 2 unspecified atom stereocenters. The average molecular weight is 316 g/mol.